The molecule has 0 radical (unpaired) electrons. The van der Waals surface area contributed by atoms with Crippen LogP contribution in [-0.4, -0.2) is 11.4 Å². The number of thioether (sulfide) groups is 1. The number of benzene rings is 1. The number of aliphatic hydroxyl groups excluding tert-OH is 1. The van der Waals surface area contributed by atoms with Crippen LogP contribution in [0.1, 0.15) is 5.56 Å². The number of hydrogen-bond acceptors (Lipinski definition) is 3. The fraction of sp³-hybridized carbons (Fsp3) is 0.200. The van der Waals surface area contributed by atoms with E-state index in [0.29, 0.717) is 0 Å². The third kappa shape index (κ3) is 1.68. The monoisotopic (exact) mass is 336 g/mol. The van der Waals surface area contributed by atoms with Crippen molar-refractivity contribution in [2.24, 2.45) is 0 Å². The minimum Gasteiger partial charge on any atom is -0.392 e. The Kier molecular flexibility index (Phi) is 3.36. The van der Waals surface area contributed by atoms with Crippen molar-refractivity contribution in [1.29, 1.82) is 0 Å². The molecule has 0 saturated heterocycles. The van der Waals surface area contributed by atoms with E-state index in [2.05, 4.69) is 41.0 Å². The van der Waals surface area contributed by atoms with Gasteiger partial charge in [0.05, 0.1) is 6.61 Å². The molecule has 0 aliphatic rings. The molecule has 0 unspecified atom stereocenters. The van der Waals surface area contributed by atoms with Crippen LogP contribution < -0.4 is 0 Å². The van der Waals surface area contributed by atoms with E-state index >= 15 is 0 Å². The molecule has 2 rings (SSSR count). The summed E-state index contributed by atoms with van der Waals surface area (Å²) in [5.41, 5.74) is 1.05. The fourth-order valence-electron chi connectivity index (χ4n) is 1.40. The molecule has 0 aliphatic heterocycles. The number of rotatable bonds is 2. The van der Waals surface area contributed by atoms with Crippen molar-refractivity contribution in [2.75, 3.05) is 6.26 Å². The number of aliphatic hydroxyl groups is 1. The van der Waals surface area contributed by atoms with E-state index in [1.165, 1.54) is 18.6 Å². The van der Waals surface area contributed by atoms with Crippen molar-refractivity contribution in [2.45, 2.75) is 11.5 Å². The largest absolute Gasteiger partial charge is 0.392 e. The highest BCUT2D eigenvalue weighted by atomic mass is 127. The Morgan fingerprint density at radius 1 is 1.50 bits per heavy atom. The van der Waals surface area contributed by atoms with Gasteiger partial charge in [-0.2, -0.15) is 0 Å². The smallest absolute Gasteiger partial charge is 0.0696 e. The summed E-state index contributed by atoms with van der Waals surface area (Å²) in [6.45, 7) is 0.133. The van der Waals surface area contributed by atoms with Gasteiger partial charge in [0.15, 0.2) is 0 Å². The van der Waals surface area contributed by atoms with Gasteiger partial charge in [-0.15, -0.1) is 23.1 Å². The van der Waals surface area contributed by atoms with Gasteiger partial charge in [-0.3, -0.25) is 0 Å². The van der Waals surface area contributed by atoms with Crippen molar-refractivity contribution in [3.8, 4) is 0 Å². The number of thiophene rings is 1. The molecule has 0 spiro atoms. The predicted octanol–water partition coefficient (Wildman–Crippen LogP) is 3.72. The molecular formula is C10H9IOS2. The van der Waals surface area contributed by atoms with Gasteiger partial charge in [0.2, 0.25) is 0 Å². The lowest BCUT2D eigenvalue weighted by Gasteiger charge is -2.03. The molecule has 1 aromatic carbocycles. The second-order valence-corrected chi connectivity index (χ2v) is 5.71. The van der Waals surface area contributed by atoms with Gasteiger partial charge in [0.1, 0.15) is 0 Å². The van der Waals surface area contributed by atoms with Gasteiger partial charge in [-0.05, 0) is 51.9 Å². The lowest BCUT2D eigenvalue weighted by molar-refractivity contribution is 0.283. The van der Waals surface area contributed by atoms with Crippen molar-refractivity contribution >= 4 is 55.8 Å². The van der Waals surface area contributed by atoms with Crippen LogP contribution in [0, 0.1) is 3.57 Å². The van der Waals surface area contributed by atoms with Gasteiger partial charge >= 0.3 is 0 Å². The zero-order chi connectivity index (χ0) is 10.1. The van der Waals surface area contributed by atoms with Gasteiger partial charge in [-0.25, -0.2) is 0 Å². The Labute approximate surface area is 105 Å². The molecule has 0 saturated carbocycles. The number of halogens is 1. The molecule has 74 valence electrons. The number of fused-ring (bicyclic) bond motifs is 1. The predicted molar refractivity (Wildman–Crippen MR) is 72.2 cm³/mol. The Morgan fingerprint density at radius 2 is 2.29 bits per heavy atom. The van der Waals surface area contributed by atoms with E-state index in [0.717, 1.165) is 5.56 Å². The van der Waals surface area contributed by atoms with Crippen LogP contribution in [-0.2, 0) is 6.61 Å². The van der Waals surface area contributed by atoms with E-state index in [4.69, 9.17) is 0 Å². The summed E-state index contributed by atoms with van der Waals surface area (Å²) in [4.78, 5) is 1.28. The van der Waals surface area contributed by atoms with Crippen molar-refractivity contribution in [3.05, 3.63) is 26.6 Å². The molecule has 0 atom stereocenters. The molecule has 1 N–H and O–H groups in total. The average Bonchev–Trinajstić information content (AvgIpc) is 2.62. The van der Waals surface area contributed by atoms with E-state index in [1.54, 1.807) is 23.1 Å². The lowest BCUT2D eigenvalue weighted by atomic mass is 10.2. The van der Waals surface area contributed by atoms with E-state index in [1.807, 2.05) is 5.38 Å². The molecule has 1 nitrogen and oxygen atoms in total. The molecule has 0 bridgehead atoms. The maximum atomic E-state index is 9.21. The molecule has 14 heavy (non-hydrogen) atoms. The first-order valence-electron chi connectivity index (χ1n) is 4.11. The average molecular weight is 336 g/mol. The maximum absolute atomic E-state index is 9.21. The quantitative estimate of drug-likeness (QED) is 0.666. The molecule has 1 aromatic heterocycles. The van der Waals surface area contributed by atoms with Gasteiger partial charge in [-0.1, -0.05) is 0 Å². The maximum Gasteiger partial charge on any atom is 0.0696 e. The van der Waals surface area contributed by atoms with E-state index in [-0.39, 0.29) is 6.61 Å². The van der Waals surface area contributed by atoms with Gasteiger partial charge < -0.3 is 5.11 Å². The normalized spacial score (nSPS) is 11.1. The fourth-order valence-corrected chi connectivity index (χ4v) is 4.51. The summed E-state index contributed by atoms with van der Waals surface area (Å²) >= 11 is 5.81. The van der Waals surface area contributed by atoms with Crippen molar-refractivity contribution in [3.63, 3.8) is 0 Å². The van der Waals surface area contributed by atoms with Gasteiger partial charge in [0.25, 0.3) is 0 Å². The summed E-state index contributed by atoms with van der Waals surface area (Å²) in [5.74, 6) is 0. The highest BCUT2D eigenvalue weighted by Gasteiger charge is 2.09. The lowest BCUT2D eigenvalue weighted by Crippen LogP contribution is -1.84. The van der Waals surface area contributed by atoms with Crippen LogP contribution >= 0.6 is 45.7 Å². The summed E-state index contributed by atoms with van der Waals surface area (Å²) in [6, 6.07) is 4.28. The first-order valence-corrected chi connectivity index (χ1v) is 7.29. The van der Waals surface area contributed by atoms with Gasteiger partial charge in [0, 0.05) is 18.6 Å². The topological polar surface area (TPSA) is 20.2 Å². The Bertz CT molecular complexity index is 464. The van der Waals surface area contributed by atoms with Crippen LogP contribution in [0.25, 0.3) is 10.1 Å². The van der Waals surface area contributed by atoms with E-state index in [9.17, 15) is 5.11 Å². The summed E-state index contributed by atoms with van der Waals surface area (Å²) in [7, 11) is 0. The summed E-state index contributed by atoms with van der Waals surface area (Å²) in [5, 5.41) is 12.5. The minimum atomic E-state index is 0.133. The third-order valence-corrected chi connectivity index (χ3v) is 5.37. The van der Waals surface area contributed by atoms with Crippen LogP contribution in [0.5, 0.6) is 0 Å². The van der Waals surface area contributed by atoms with Crippen LogP contribution in [0.2, 0.25) is 0 Å². The standard InChI is InChI=1S/C10H9IOS2/c1-13-8-3-2-7-9(10(8)11)6(4-12)5-14-7/h2-3,5,12H,4H2,1H3. The highest BCUT2D eigenvalue weighted by molar-refractivity contribution is 14.1. The van der Waals surface area contributed by atoms with Crippen molar-refractivity contribution in [1.82, 2.24) is 0 Å². The zero-order valence-corrected chi connectivity index (χ0v) is 11.4. The highest BCUT2D eigenvalue weighted by Crippen LogP contribution is 2.35. The Hall–Kier alpha value is 0.220. The second kappa shape index (κ2) is 4.38. The Balaban J connectivity index is 2.77. The molecule has 0 aliphatic carbocycles. The first kappa shape index (κ1) is 10.7. The zero-order valence-electron chi connectivity index (χ0n) is 7.58. The van der Waals surface area contributed by atoms with Crippen LogP contribution in [0.4, 0.5) is 0 Å². The molecule has 0 fully saturated rings. The van der Waals surface area contributed by atoms with Crippen LogP contribution in [0.3, 0.4) is 0 Å². The van der Waals surface area contributed by atoms with Crippen molar-refractivity contribution < 1.29 is 5.11 Å². The van der Waals surface area contributed by atoms with E-state index < -0.39 is 0 Å². The molecule has 4 heteroatoms. The second-order valence-electron chi connectivity index (χ2n) is 2.87. The van der Waals surface area contributed by atoms with Crippen LogP contribution in [0.15, 0.2) is 22.4 Å². The SMILES string of the molecule is CSc1ccc2scc(CO)c2c1I. The number of hydrogen-bond donors (Lipinski definition) is 1. The Morgan fingerprint density at radius 3 is 2.93 bits per heavy atom. The molecular weight excluding hydrogens is 327 g/mol. The minimum absolute atomic E-state index is 0.133. The molecule has 1 heterocycles. The summed E-state index contributed by atoms with van der Waals surface area (Å²) < 4.78 is 2.52. The first-order chi connectivity index (χ1) is 6.77. The molecule has 2 aromatic rings. The third-order valence-electron chi connectivity index (χ3n) is 2.11. The summed E-state index contributed by atoms with van der Waals surface area (Å²) in [6.07, 6.45) is 2.08. The molecule has 0 amide bonds.